The van der Waals surface area contributed by atoms with E-state index in [1.165, 1.54) is 180 Å². The molecule has 0 aliphatic heterocycles. The zero-order valence-electron chi connectivity index (χ0n) is 45.5. The van der Waals surface area contributed by atoms with Gasteiger partial charge in [0, 0.05) is 52.4 Å². The Bertz CT molecular complexity index is 1080. The van der Waals surface area contributed by atoms with Crippen molar-refractivity contribution in [2.75, 3.05) is 86.3 Å². The van der Waals surface area contributed by atoms with Crippen molar-refractivity contribution in [3.8, 4) is 0 Å². The molecule has 0 spiro atoms. The van der Waals surface area contributed by atoms with E-state index in [4.69, 9.17) is 18.9 Å². The molecular weight excluding hydrogens is 855 g/mol. The Labute approximate surface area is 420 Å². The Kier molecular flexibility index (Phi) is 50.8. The molecule has 402 valence electrons. The summed E-state index contributed by atoms with van der Waals surface area (Å²) in [6.45, 7) is 13.0. The number of unbranched alkanes of at least 4 members (excludes halogenated alkanes) is 30. The van der Waals surface area contributed by atoms with Gasteiger partial charge >= 0.3 is 23.9 Å². The van der Waals surface area contributed by atoms with E-state index in [1.807, 2.05) is 0 Å². The molecule has 0 aromatic rings. The largest absolute Gasteiger partial charge is 0.469 e. The van der Waals surface area contributed by atoms with Crippen LogP contribution in [0.5, 0.6) is 0 Å². The molecule has 0 atom stereocenters. The second-order valence-corrected chi connectivity index (χ2v) is 19.8. The summed E-state index contributed by atoms with van der Waals surface area (Å²) in [5, 5.41) is 0. The Morgan fingerprint density at radius 2 is 0.515 bits per heavy atom. The Hall–Kier alpha value is -2.24. The fourth-order valence-electron chi connectivity index (χ4n) is 8.58. The SMILES string of the molecule is CCCCCCCCCCCCCOC(=O)CCN(CCC(=O)OC)CCN(C)CCN(CCC(=O)OCCCCCCCCCCCCC)CCC(=O)OCCCCCCCCCCCCC. The summed E-state index contributed by atoms with van der Waals surface area (Å²) in [5.41, 5.74) is 0. The molecule has 0 amide bonds. The van der Waals surface area contributed by atoms with Crippen LogP contribution in [0.25, 0.3) is 0 Å². The average molecular weight is 967 g/mol. The molecule has 0 radical (unpaired) electrons. The lowest BCUT2D eigenvalue weighted by Crippen LogP contribution is -2.40. The van der Waals surface area contributed by atoms with Crippen molar-refractivity contribution in [3.05, 3.63) is 0 Å². The highest BCUT2D eigenvalue weighted by Crippen LogP contribution is 2.14. The van der Waals surface area contributed by atoms with E-state index >= 15 is 0 Å². The van der Waals surface area contributed by atoms with Crippen molar-refractivity contribution in [1.82, 2.24) is 14.7 Å². The van der Waals surface area contributed by atoms with Gasteiger partial charge in [-0.1, -0.05) is 213 Å². The van der Waals surface area contributed by atoms with E-state index < -0.39 is 0 Å². The molecule has 0 unspecified atom stereocenters. The summed E-state index contributed by atoms with van der Waals surface area (Å²) >= 11 is 0. The molecule has 0 N–H and O–H groups in total. The standard InChI is InChI=1S/C57H111N3O8/c1-6-9-12-15-18-21-24-27-30-33-36-51-66-55(62)40-44-59(43-39-54(61)65-5)49-47-58(4)48-50-60(45-41-56(63)67-52-37-34-31-28-25-22-19-16-13-10-7-2)46-42-57(64)68-53-38-35-32-29-26-23-20-17-14-11-8-3/h6-53H2,1-5H3. The van der Waals surface area contributed by atoms with E-state index in [1.54, 1.807) is 0 Å². The van der Waals surface area contributed by atoms with Gasteiger partial charge in [0.25, 0.3) is 0 Å². The highest BCUT2D eigenvalue weighted by molar-refractivity contribution is 5.70. The molecule has 68 heavy (non-hydrogen) atoms. The average Bonchev–Trinajstić information content (AvgIpc) is 3.34. The van der Waals surface area contributed by atoms with Crippen LogP contribution in [0.3, 0.4) is 0 Å². The molecule has 0 rings (SSSR count). The van der Waals surface area contributed by atoms with E-state index in [2.05, 4.69) is 42.5 Å². The van der Waals surface area contributed by atoms with Crippen molar-refractivity contribution >= 4 is 23.9 Å². The molecule has 0 saturated carbocycles. The van der Waals surface area contributed by atoms with E-state index in [0.717, 1.165) is 51.6 Å². The van der Waals surface area contributed by atoms with Gasteiger partial charge in [0.1, 0.15) is 0 Å². The fourth-order valence-corrected chi connectivity index (χ4v) is 8.58. The van der Waals surface area contributed by atoms with Crippen molar-refractivity contribution < 1.29 is 38.1 Å². The second kappa shape index (κ2) is 52.6. The Balaban J connectivity index is 4.83. The molecule has 0 saturated heterocycles. The van der Waals surface area contributed by atoms with Crippen LogP contribution in [0.15, 0.2) is 0 Å². The highest BCUT2D eigenvalue weighted by atomic mass is 16.5. The first-order valence-corrected chi connectivity index (χ1v) is 28.9. The zero-order chi connectivity index (χ0) is 49.8. The molecule has 0 aliphatic rings. The van der Waals surface area contributed by atoms with Gasteiger partial charge in [-0.05, 0) is 26.3 Å². The summed E-state index contributed by atoms with van der Waals surface area (Å²) < 4.78 is 21.7. The zero-order valence-corrected chi connectivity index (χ0v) is 45.5. The van der Waals surface area contributed by atoms with Gasteiger partial charge in [-0.25, -0.2) is 0 Å². The Morgan fingerprint density at radius 3 is 0.750 bits per heavy atom. The van der Waals surface area contributed by atoms with Gasteiger partial charge in [0.2, 0.25) is 0 Å². The number of carbonyl (C=O) groups excluding carboxylic acids is 4. The van der Waals surface area contributed by atoms with Gasteiger partial charge < -0.3 is 33.6 Å². The molecule has 0 bridgehead atoms. The second-order valence-electron chi connectivity index (χ2n) is 19.8. The lowest BCUT2D eigenvalue weighted by atomic mass is 10.1. The third-order valence-corrected chi connectivity index (χ3v) is 13.4. The number of hydrogen-bond acceptors (Lipinski definition) is 11. The van der Waals surface area contributed by atoms with Crippen LogP contribution in [-0.4, -0.2) is 125 Å². The van der Waals surface area contributed by atoms with Gasteiger partial charge in [-0.3, -0.25) is 19.2 Å². The number of methoxy groups -OCH3 is 1. The summed E-state index contributed by atoms with van der Waals surface area (Å²) in [6, 6.07) is 0. The number of esters is 4. The molecule has 0 fully saturated rings. The predicted molar refractivity (Wildman–Crippen MR) is 283 cm³/mol. The van der Waals surface area contributed by atoms with E-state index in [-0.39, 0.29) is 49.6 Å². The van der Waals surface area contributed by atoms with Gasteiger partial charge in [0.05, 0.1) is 52.6 Å². The third-order valence-electron chi connectivity index (χ3n) is 13.4. The van der Waals surface area contributed by atoms with Crippen molar-refractivity contribution in [2.24, 2.45) is 0 Å². The first-order valence-electron chi connectivity index (χ1n) is 28.9. The minimum absolute atomic E-state index is 0.187. The lowest BCUT2D eigenvalue weighted by molar-refractivity contribution is -0.145. The molecule has 11 nitrogen and oxygen atoms in total. The molecule has 11 heteroatoms. The number of likely N-dealkylation sites (N-methyl/N-ethyl adjacent to an activating group) is 1. The maximum absolute atomic E-state index is 12.8. The van der Waals surface area contributed by atoms with Gasteiger partial charge in [0.15, 0.2) is 0 Å². The molecule has 0 aliphatic carbocycles. The van der Waals surface area contributed by atoms with Gasteiger partial charge in [-0.15, -0.1) is 0 Å². The van der Waals surface area contributed by atoms with Crippen LogP contribution in [0.1, 0.15) is 258 Å². The lowest BCUT2D eigenvalue weighted by Gasteiger charge is -2.27. The maximum Gasteiger partial charge on any atom is 0.307 e. The van der Waals surface area contributed by atoms with E-state index in [0.29, 0.717) is 59.1 Å². The van der Waals surface area contributed by atoms with Crippen LogP contribution in [0.2, 0.25) is 0 Å². The minimum atomic E-state index is -0.271. The topological polar surface area (TPSA) is 115 Å². The molecular formula is C57H111N3O8. The quantitative estimate of drug-likeness (QED) is 0.0330. The molecule has 0 aromatic carbocycles. The normalized spacial score (nSPS) is 11.5. The summed E-state index contributed by atoms with van der Waals surface area (Å²) in [6.07, 6.45) is 42.5. The van der Waals surface area contributed by atoms with Crippen LogP contribution in [0, 0.1) is 0 Å². The molecule has 0 heterocycles. The van der Waals surface area contributed by atoms with Crippen molar-refractivity contribution in [3.63, 3.8) is 0 Å². The summed E-state index contributed by atoms with van der Waals surface area (Å²) in [5.74, 6) is -0.840. The Morgan fingerprint density at radius 1 is 0.294 bits per heavy atom. The number of hydrogen-bond donors (Lipinski definition) is 0. The number of ether oxygens (including phenoxy) is 4. The fraction of sp³-hybridized carbons (Fsp3) is 0.930. The minimum Gasteiger partial charge on any atom is -0.469 e. The summed E-state index contributed by atoms with van der Waals surface area (Å²) in [4.78, 5) is 56.8. The van der Waals surface area contributed by atoms with Crippen LogP contribution in [0.4, 0.5) is 0 Å². The third kappa shape index (κ3) is 48.8. The maximum atomic E-state index is 12.8. The number of nitrogens with zero attached hydrogens (tertiary/aromatic N) is 3. The first kappa shape index (κ1) is 65.8. The predicted octanol–water partition coefficient (Wildman–Crippen LogP) is 13.8. The first-order chi connectivity index (χ1) is 33.2. The van der Waals surface area contributed by atoms with Gasteiger partial charge in [-0.2, -0.15) is 0 Å². The van der Waals surface area contributed by atoms with Crippen LogP contribution < -0.4 is 0 Å². The van der Waals surface area contributed by atoms with Crippen LogP contribution in [-0.2, 0) is 38.1 Å². The van der Waals surface area contributed by atoms with Crippen molar-refractivity contribution in [1.29, 1.82) is 0 Å². The summed E-state index contributed by atoms with van der Waals surface area (Å²) in [7, 11) is 3.46. The van der Waals surface area contributed by atoms with E-state index in [9.17, 15) is 19.2 Å². The molecule has 0 aromatic heterocycles. The highest BCUT2D eigenvalue weighted by Gasteiger charge is 2.16. The van der Waals surface area contributed by atoms with Crippen LogP contribution >= 0.6 is 0 Å². The van der Waals surface area contributed by atoms with Crippen molar-refractivity contribution in [2.45, 2.75) is 258 Å². The number of carbonyl (C=O) groups is 4. The smallest absolute Gasteiger partial charge is 0.307 e. The monoisotopic (exact) mass is 966 g/mol. The number of rotatable bonds is 54.